The number of hydrogen-bond donors (Lipinski definition) is 1. The fourth-order valence-corrected chi connectivity index (χ4v) is 7.42. The van der Waals surface area contributed by atoms with Crippen LogP contribution in [0.4, 0.5) is 35.1 Å². The molecule has 1 saturated heterocycles. The molecule has 4 aliphatic carbocycles. The summed E-state index contributed by atoms with van der Waals surface area (Å²) in [5.74, 6) is -13.0. The highest BCUT2D eigenvalue weighted by Crippen LogP contribution is 2.69. The van der Waals surface area contributed by atoms with Gasteiger partial charge in [0.15, 0.2) is 0 Å². The molecular formula is C19H20F8O4. The number of carbonyl (C=O) groups is 1. The quantitative estimate of drug-likeness (QED) is 0.381. The Morgan fingerprint density at radius 1 is 0.903 bits per heavy atom. The summed E-state index contributed by atoms with van der Waals surface area (Å²) in [5.41, 5.74) is -4.93. The minimum atomic E-state index is -6.25. The van der Waals surface area contributed by atoms with Crippen molar-refractivity contribution in [1.29, 1.82) is 0 Å². The van der Waals surface area contributed by atoms with Crippen LogP contribution in [-0.2, 0) is 14.3 Å². The van der Waals surface area contributed by atoms with Crippen molar-refractivity contribution in [3.05, 3.63) is 0 Å². The SMILES string of the molecule is O=C(OC1(C(F)(F)F)COC(O)(C(F)(F)F)C1(F)F)C1CC2CC1C1C3CCC(C3)C21. The molecule has 0 aromatic rings. The van der Waals surface area contributed by atoms with Crippen LogP contribution in [0.5, 0.6) is 0 Å². The summed E-state index contributed by atoms with van der Waals surface area (Å²) in [5, 5.41) is 9.34. The van der Waals surface area contributed by atoms with E-state index in [1.165, 1.54) is 0 Å². The first kappa shape index (κ1) is 21.7. The second kappa shape index (κ2) is 6.03. The molecule has 0 radical (unpaired) electrons. The van der Waals surface area contributed by atoms with Crippen molar-refractivity contribution >= 4 is 5.97 Å². The maximum Gasteiger partial charge on any atom is 0.449 e. The van der Waals surface area contributed by atoms with Crippen LogP contribution < -0.4 is 0 Å². The van der Waals surface area contributed by atoms with Crippen LogP contribution in [0, 0.1) is 41.4 Å². The molecule has 1 aliphatic heterocycles. The average molecular weight is 464 g/mol. The molecular weight excluding hydrogens is 444 g/mol. The summed E-state index contributed by atoms with van der Waals surface area (Å²) >= 11 is 0. The Bertz CT molecular complexity index is 797. The fourth-order valence-electron chi connectivity index (χ4n) is 7.42. The van der Waals surface area contributed by atoms with Gasteiger partial charge in [-0.3, -0.25) is 4.79 Å². The van der Waals surface area contributed by atoms with Crippen molar-refractivity contribution in [2.45, 2.75) is 61.8 Å². The lowest BCUT2D eigenvalue weighted by Gasteiger charge is -2.41. The summed E-state index contributed by atoms with van der Waals surface area (Å²) in [6.07, 6.45) is -8.60. The highest BCUT2D eigenvalue weighted by molar-refractivity contribution is 5.74. The van der Waals surface area contributed by atoms with Crippen LogP contribution in [0.1, 0.15) is 32.1 Å². The van der Waals surface area contributed by atoms with Gasteiger partial charge in [0, 0.05) is 0 Å². The topological polar surface area (TPSA) is 55.8 Å². The van der Waals surface area contributed by atoms with Gasteiger partial charge in [0.05, 0.1) is 5.92 Å². The van der Waals surface area contributed by atoms with Crippen molar-refractivity contribution in [2.24, 2.45) is 41.4 Å². The highest BCUT2D eigenvalue weighted by atomic mass is 19.4. The molecule has 5 fully saturated rings. The largest absolute Gasteiger partial charge is 0.449 e. The normalized spacial score (nSPS) is 50.2. The van der Waals surface area contributed by atoms with Crippen molar-refractivity contribution in [3.63, 3.8) is 0 Å². The predicted molar refractivity (Wildman–Crippen MR) is 84.3 cm³/mol. The fraction of sp³-hybridized carbons (Fsp3) is 0.947. The van der Waals surface area contributed by atoms with E-state index in [1.807, 2.05) is 0 Å². The van der Waals surface area contributed by atoms with Gasteiger partial charge < -0.3 is 14.6 Å². The number of esters is 1. The van der Waals surface area contributed by atoms with Crippen molar-refractivity contribution < 1.29 is 54.5 Å². The summed E-state index contributed by atoms with van der Waals surface area (Å²) < 4.78 is 117. The van der Waals surface area contributed by atoms with E-state index in [0.717, 1.165) is 19.3 Å². The molecule has 0 aromatic heterocycles. The zero-order valence-corrected chi connectivity index (χ0v) is 16.0. The maximum absolute atomic E-state index is 14.6. The van der Waals surface area contributed by atoms with E-state index in [2.05, 4.69) is 9.47 Å². The first-order valence-corrected chi connectivity index (χ1v) is 10.2. The number of ether oxygens (including phenoxy) is 2. The second-order valence-electron chi connectivity index (χ2n) is 9.74. The molecule has 12 heteroatoms. The lowest BCUT2D eigenvalue weighted by Crippen LogP contribution is -2.69. The van der Waals surface area contributed by atoms with Crippen molar-refractivity contribution in [2.75, 3.05) is 6.61 Å². The van der Waals surface area contributed by atoms with E-state index in [4.69, 9.17) is 0 Å². The van der Waals surface area contributed by atoms with E-state index in [-0.39, 0.29) is 24.2 Å². The van der Waals surface area contributed by atoms with Gasteiger partial charge in [-0.25, -0.2) is 0 Å². The Balaban J connectivity index is 1.43. The first-order valence-electron chi connectivity index (χ1n) is 10.2. The molecule has 0 spiro atoms. The van der Waals surface area contributed by atoms with E-state index >= 15 is 0 Å². The van der Waals surface area contributed by atoms with Gasteiger partial charge in [0.25, 0.3) is 5.60 Å². The van der Waals surface area contributed by atoms with E-state index in [1.54, 1.807) is 0 Å². The Labute approximate surface area is 171 Å². The molecule has 5 aliphatic rings. The second-order valence-corrected chi connectivity index (χ2v) is 9.74. The van der Waals surface area contributed by atoms with Crippen LogP contribution in [0.15, 0.2) is 0 Å². The average Bonchev–Trinajstić information content (AvgIpc) is 3.42. The lowest BCUT2D eigenvalue weighted by molar-refractivity contribution is -0.421. The zero-order valence-electron chi connectivity index (χ0n) is 16.0. The molecule has 4 bridgehead atoms. The third-order valence-corrected chi connectivity index (χ3v) is 8.57. The van der Waals surface area contributed by atoms with Crippen LogP contribution in [0.25, 0.3) is 0 Å². The summed E-state index contributed by atoms with van der Waals surface area (Å²) in [6.45, 7) is -2.36. The van der Waals surface area contributed by atoms with Gasteiger partial charge >= 0.3 is 30.0 Å². The monoisotopic (exact) mass is 464 g/mol. The lowest BCUT2D eigenvalue weighted by atomic mass is 9.67. The van der Waals surface area contributed by atoms with Crippen molar-refractivity contribution in [1.82, 2.24) is 0 Å². The summed E-state index contributed by atoms with van der Waals surface area (Å²) in [6, 6.07) is 0. The zero-order chi connectivity index (χ0) is 22.8. The molecule has 1 heterocycles. The molecule has 5 rings (SSSR count). The maximum atomic E-state index is 14.6. The standard InChI is InChI=1S/C19H20F8O4/c20-16(21)15(18(22,23)24,6-30-17(16,29)19(25,26)27)31-14(28)11-5-9-4-10(11)13-8-2-1-7(3-8)12(9)13/h7-13,29H,1-6H2. The smallest absolute Gasteiger partial charge is 0.440 e. The Hall–Kier alpha value is -1.17. The van der Waals surface area contributed by atoms with Crippen LogP contribution in [0.2, 0.25) is 0 Å². The first-order chi connectivity index (χ1) is 14.1. The third-order valence-electron chi connectivity index (χ3n) is 8.57. The number of fused-ring (bicyclic) bond motifs is 9. The summed E-state index contributed by atoms with van der Waals surface area (Å²) in [4.78, 5) is 12.7. The van der Waals surface area contributed by atoms with Crippen LogP contribution >= 0.6 is 0 Å². The molecule has 0 aromatic carbocycles. The number of alkyl halides is 8. The number of rotatable bonds is 2. The van der Waals surface area contributed by atoms with Gasteiger partial charge in [-0.15, -0.1) is 0 Å². The van der Waals surface area contributed by atoms with Gasteiger partial charge in [0.1, 0.15) is 6.61 Å². The Kier molecular flexibility index (Phi) is 4.22. The number of halogens is 8. The predicted octanol–water partition coefficient (Wildman–Crippen LogP) is 4.07. The van der Waals surface area contributed by atoms with Gasteiger partial charge in [-0.1, -0.05) is 0 Å². The van der Waals surface area contributed by atoms with Gasteiger partial charge in [-0.2, -0.15) is 35.1 Å². The molecule has 9 atom stereocenters. The van der Waals surface area contributed by atoms with Crippen LogP contribution in [-0.4, -0.2) is 47.3 Å². The van der Waals surface area contributed by atoms with Crippen molar-refractivity contribution in [3.8, 4) is 0 Å². The highest BCUT2D eigenvalue weighted by Gasteiger charge is 2.90. The molecule has 31 heavy (non-hydrogen) atoms. The minimum Gasteiger partial charge on any atom is -0.440 e. The number of hydrogen-bond acceptors (Lipinski definition) is 4. The van der Waals surface area contributed by atoms with Crippen LogP contribution in [0.3, 0.4) is 0 Å². The molecule has 9 unspecified atom stereocenters. The molecule has 4 nitrogen and oxygen atoms in total. The van der Waals surface area contributed by atoms with Gasteiger partial charge in [-0.05, 0) is 67.6 Å². The Morgan fingerprint density at radius 2 is 1.52 bits per heavy atom. The Morgan fingerprint density at radius 3 is 2.06 bits per heavy atom. The molecule has 1 N–H and O–H groups in total. The van der Waals surface area contributed by atoms with E-state index in [0.29, 0.717) is 24.2 Å². The van der Waals surface area contributed by atoms with E-state index < -0.39 is 48.2 Å². The number of carbonyl (C=O) groups excluding carboxylic acids is 1. The molecule has 176 valence electrons. The van der Waals surface area contributed by atoms with Gasteiger partial charge in [0.2, 0.25) is 0 Å². The summed E-state index contributed by atoms with van der Waals surface area (Å²) in [7, 11) is 0. The van der Waals surface area contributed by atoms with E-state index in [9.17, 15) is 45.0 Å². The minimum absolute atomic E-state index is 0.0807. The third kappa shape index (κ3) is 2.46. The molecule has 4 saturated carbocycles. The number of aliphatic hydroxyl groups is 1. The molecule has 0 amide bonds.